The SMILES string of the molecule is CC(=O)n1cc([C@@H]2CNCCN2)c2ccccc21.Cl. The summed E-state index contributed by atoms with van der Waals surface area (Å²) in [5, 5.41) is 8.03. The summed E-state index contributed by atoms with van der Waals surface area (Å²) < 4.78 is 1.74. The first-order chi connectivity index (χ1) is 8.77. The van der Waals surface area contributed by atoms with Crippen LogP contribution in [0.2, 0.25) is 0 Å². The normalized spacial score (nSPS) is 19.1. The molecule has 0 unspecified atom stereocenters. The van der Waals surface area contributed by atoms with Gasteiger partial charge in [0, 0.05) is 44.2 Å². The fourth-order valence-electron chi connectivity index (χ4n) is 2.62. The van der Waals surface area contributed by atoms with Crippen molar-refractivity contribution >= 4 is 29.2 Å². The Labute approximate surface area is 118 Å². The number of halogens is 1. The van der Waals surface area contributed by atoms with E-state index in [9.17, 15) is 4.79 Å². The molecule has 102 valence electrons. The Morgan fingerprint density at radius 1 is 1.32 bits per heavy atom. The molecule has 1 aromatic heterocycles. The predicted octanol–water partition coefficient (Wildman–Crippen LogP) is 1.96. The lowest BCUT2D eigenvalue weighted by molar-refractivity contribution is 0.0941. The Bertz CT molecular complexity index is 587. The van der Waals surface area contributed by atoms with Crippen LogP contribution in [0.1, 0.15) is 23.3 Å². The molecule has 0 spiro atoms. The molecule has 1 aromatic carbocycles. The molecular weight excluding hydrogens is 262 g/mol. The van der Waals surface area contributed by atoms with Crippen molar-refractivity contribution in [2.75, 3.05) is 19.6 Å². The maximum atomic E-state index is 11.7. The minimum Gasteiger partial charge on any atom is -0.314 e. The first-order valence-electron chi connectivity index (χ1n) is 6.32. The Morgan fingerprint density at radius 3 is 2.79 bits per heavy atom. The summed E-state index contributed by atoms with van der Waals surface area (Å²) in [6.07, 6.45) is 1.97. The fraction of sp³-hybridized carbons (Fsp3) is 0.357. The number of aromatic nitrogens is 1. The predicted molar refractivity (Wildman–Crippen MR) is 79.1 cm³/mol. The molecule has 2 N–H and O–H groups in total. The topological polar surface area (TPSA) is 46.1 Å². The van der Waals surface area contributed by atoms with E-state index in [2.05, 4.69) is 16.7 Å². The van der Waals surface area contributed by atoms with Gasteiger partial charge >= 0.3 is 0 Å². The zero-order valence-corrected chi connectivity index (χ0v) is 11.7. The van der Waals surface area contributed by atoms with Crippen LogP contribution in [-0.4, -0.2) is 30.1 Å². The zero-order chi connectivity index (χ0) is 12.5. The molecule has 5 heteroatoms. The Kier molecular flexibility index (Phi) is 4.24. The van der Waals surface area contributed by atoms with Crippen LogP contribution in [-0.2, 0) is 0 Å². The molecule has 1 saturated heterocycles. The number of fused-ring (bicyclic) bond motifs is 1. The average molecular weight is 280 g/mol. The number of hydrogen-bond donors (Lipinski definition) is 2. The average Bonchev–Trinajstić information content (AvgIpc) is 2.79. The van der Waals surface area contributed by atoms with E-state index in [4.69, 9.17) is 0 Å². The van der Waals surface area contributed by atoms with Crippen LogP contribution in [0.5, 0.6) is 0 Å². The van der Waals surface area contributed by atoms with Gasteiger partial charge in [0.25, 0.3) is 0 Å². The number of benzene rings is 1. The molecule has 2 aromatic rings. The number of rotatable bonds is 1. The molecule has 0 bridgehead atoms. The molecule has 0 radical (unpaired) electrons. The molecule has 3 rings (SSSR count). The number of nitrogens with one attached hydrogen (secondary N) is 2. The number of nitrogens with zero attached hydrogens (tertiary/aromatic N) is 1. The van der Waals surface area contributed by atoms with E-state index in [-0.39, 0.29) is 24.4 Å². The van der Waals surface area contributed by atoms with Crippen molar-refractivity contribution in [3.63, 3.8) is 0 Å². The molecule has 0 saturated carbocycles. The van der Waals surface area contributed by atoms with Crippen molar-refractivity contribution in [1.82, 2.24) is 15.2 Å². The summed E-state index contributed by atoms with van der Waals surface area (Å²) in [7, 11) is 0. The summed E-state index contributed by atoms with van der Waals surface area (Å²) in [5.74, 6) is 0.0567. The highest BCUT2D eigenvalue weighted by molar-refractivity contribution is 5.93. The summed E-state index contributed by atoms with van der Waals surface area (Å²) in [5.41, 5.74) is 2.19. The summed E-state index contributed by atoms with van der Waals surface area (Å²) in [4.78, 5) is 11.7. The van der Waals surface area contributed by atoms with E-state index in [1.807, 2.05) is 24.4 Å². The van der Waals surface area contributed by atoms with Crippen molar-refractivity contribution < 1.29 is 4.79 Å². The van der Waals surface area contributed by atoms with Crippen LogP contribution >= 0.6 is 12.4 Å². The highest BCUT2D eigenvalue weighted by Crippen LogP contribution is 2.26. The van der Waals surface area contributed by atoms with Gasteiger partial charge in [0.15, 0.2) is 0 Å². The van der Waals surface area contributed by atoms with Gasteiger partial charge in [-0.05, 0) is 11.6 Å². The molecule has 19 heavy (non-hydrogen) atoms. The third-order valence-electron chi connectivity index (χ3n) is 3.50. The van der Waals surface area contributed by atoms with Gasteiger partial charge in [-0.2, -0.15) is 0 Å². The molecule has 4 nitrogen and oxygen atoms in total. The van der Waals surface area contributed by atoms with Crippen molar-refractivity contribution in [3.8, 4) is 0 Å². The van der Waals surface area contributed by atoms with Crippen molar-refractivity contribution in [1.29, 1.82) is 0 Å². The van der Waals surface area contributed by atoms with E-state index in [1.54, 1.807) is 11.5 Å². The molecule has 0 amide bonds. The first kappa shape index (κ1) is 14.1. The lowest BCUT2D eigenvalue weighted by Gasteiger charge is -2.24. The van der Waals surface area contributed by atoms with E-state index in [0.717, 1.165) is 30.5 Å². The van der Waals surface area contributed by atoms with E-state index in [0.29, 0.717) is 0 Å². The van der Waals surface area contributed by atoms with Gasteiger partial charge in [-0.15, -0.1) is 12.4 Å². The van der Waals surface area contributed by atoms with Gasteiger partial charge in [0.1, 0.15) is 0 Å². The molecule has 0 aliphatic carbocycles. The number of para-hydroxylation sites is 1. The third kappa shape index (κ3) is 2.52. The van der Waals surface area contributed by atoms with Gasteiger partial charge in [-0.3, -0.25) is 9.36 Å². The summed E-state index contributed by atoms with van der Waals surface area (Å²) >= 11 is 0. The lowest BCUT2D eigenvalue weighted by Crippen LogP contribution is -2.42. The zero-order valence-electron chi connectivity index (χ0n) is 10.8. The van der Waals surface area contributed by atoms with Gasteiger partial charge in [0.05, 0.1) is 5.52 Å². The van der Waals surface area contributed by atoms with Crippen LogP contribution in [0.3, 0.4) is 0 Å². The standard InChI is InChI=1S/C14H17N3O.ClH/c1-10(18)17-9-12(13-8-15-6-7-16-13)11-4-2-3-5-14(11)17;/h2-5,9,13,15-16H,6-8H2,1H3;1H/t13-;/m0./s1. The largest absolute Gasteiger partial charge is 0.314 e. The minimum absolute atomic E-state index is 0. The first-order valence-corrected chi connectivity index (χ1v) is 6.32. The summed E-state index contributed by atoms with van der Waals surface area (Å²) in [6, 6.07) is 8.35. The highest BCUT2D eigenvalue weighted by Gasteiger charge is 2.20. The number of piperazine rings is 1. The molecule has 1 fully saturated rings. The third-order valence-corrected chi connectivity index (χ3v) is 3.50. The van der Waals surface area contributed by atoms with Crippen LogP contribution < -0.4 is 10.6 Å². The second kappa shape index (κ2) is 5.74. The molecule has 1 aliphatic rings. The maximum Gasteiger partial charge on any atom is 0.227 e. The Hall–Kier alpha value is -1.36. The monoisotopic (exact) mass is 279 g/mol. The van der Waals surface area contributed by atoms with Gasteiger partial charge in [0.2, 0.25) is 5.91 Å². The highest BCUT2D eigenvalue weighted by atomic mass is 35.5. The summed E-state index contributed by atoms with van der Waals surface area (Å²) in [6.45, 7) is 4.47. The molecule has 1 atom stereocenters. The van der Waals surface area contributed by atoms with Crippen molar-refractivity contribution in [2.24, 2.45) is 0 Å². The Morgan fingerprint density at radius 2 is 2.11 bits per heavy atom. The van der Waals surface area contributed by atoms with Crippen LogP contribution in [0.25, 0.3) is 10.9 Å². The van der Waals surface area contributed by atoms with Gasteiger partial charge < -0.3 is 10.6 Å². The van der Waals surface area contributed by atoms with E-state index >= 15 is 0 Å². The molecular formula is C14H18ClN3O. The van der Waals surface area contributed by atoms with Crippen molar-refractivity contribution in [2.45, 2.75) is 13.0 Å². The van der Waals surface area contributed by atoms with Crippen LogP contribution in [0.15, 0.2) is 30.5 Å². The molecule has 2 heterocycles. The second-order valence-electron chi connectivity index (χ2n) is 4.70. The quantitative estimate of drug-likeness (QED) is 0.839. The van der Waals surface area contributed by atoms with Crippen molar-refractivity contribution in [3.05, 3.63) is 36.0 Å². The Balaban J connectivity index is 0.00000133. The number of carbonyl (C=O) groups is 1. The van der Waals surface area contributed by atoms with E-state index < -0.39 is 0 Å². The number of carbonyl (C=O) groups excluding carboxylic acids is 1. The van der Waals surface area contributed by atoms with Crippen LogP contribution in [0.4, 0.5) is 0 Å². The maximum absolute atomic E-state index is 11.7. The fourth-order valence-corrected chi connectivity index (χ4v) is 2.62. The smallest absolute Gasteiger partial charge is 0.227 e. The minimum atomic E-state index is 0. The second-order valence-corrected chi connectivity index (χ2v) is 4.70. The number of hydrogen-bond acceptors (Lipinski definition) is 3. The van der Waals surface area contributed by atoms with Gasteiger partial charge in [-0.1, -0.05) is 18.2 Å². The van der Waals surface area contributed by atoms with Gasteiger partial charge in [-0.25, -0.2) is 0 Å². The van der Waals surface area contributed by atoms with E-state index in [1.165, 1.54) is 5.56 Å². The molecule has 1 aliphatic heterocycles. The lowest BCUT2D eigenvalue weighted by atomic mass is 10.0. The van der Waals surface area contributed by atoms with Crippen LogP contribution in [0, 0.1) is 0 Å².